The van der Waals surface area contributed by atoms with Crippen LogP contribution in [0.3, 0.4) is 0 Å². The second-order valence-electron chi connectivity index (χ2n) is 13.0. The fraction of sp³-hybridized carbons (Fsp3) is 0.605. The van der Waals surface area contributed by atoms with E-state index in [1.807, 2.05) is 6.08 Å². The second kappa shape index (κ2) is 32.7. The standard InChI is InChI=1S/C43H69NO8/c1-3-5-7-9-11-13-14-15-16-17-18-19-20-21-22-23-24-25-27-29-31-33-39(47)44-36(37(46)32-30-28-26-12-10-8-6-4-2)35-51-43-42(50)41(49)40(48)38(34-45)52-43/h5,7,10-13,15-16,18-19,21-22,24-25,30,32,36-38,40-43,45-46,48-50H,3-4,6,8-9,14,17,20,23,26-29,31,33-35H2,1-2H3,(H,44,47)/b7-5-,12-10+,13-11-,16-15-,19-18-,22-21-,25-24-,32-30+. The third-order valence-electron chi connectivity index (χ3n) is 8.39. The minimum Gasteiger partial charge on any atom is -0.394 e. The number of ether oxygens (including phenoxy) is 2. The Hall–Kier alpha value is -2.89. The Balaban J connectivity index is 2.43. The molecule has 1 fully saturated rings. The van der Waals surface area contributed by atoms with Crippen molar-refractivity contribution in [1.29, 1.82) is 0 Å². The van der Waals surface area contributed by atoms with Crippen LogP contribution >= 0.6 is 0 Å². The number of unbranched alkanes of at least 4 members (excludes halogenated alkanes) is 5. The molecule has 7 atom stereocenters. The van der Waals surface area contributed by atoms with Crippen LogP contribution in [-0.2, 0) is 14.3 Å². The van der Waals surface area contributed by atoms with Gasteiger partial charge in [0.15, 0.2) is 6.29 Å². The number of rotatable bonds is 29. The number of hydrogen-bond acceptors (Lipinski definition) is 8. The number of hydrogen-bond donors (Lipinski definition) is 6. The van der Waals surface area contributed by atoms with Crippen LogP contribution in [0.1, 0.15) is 110 Å². The Bertz CT molecular complexity index is 1120. The van der Waals surface area contributed by atoms with Gasteiger partial charge in [-0.3, -0.25) is 4.79 Å². The van der Waals surface area contributed by atoms with E-state index >= 15 is 0 Å². The Morgan fingerprint density at radius 3 is 1.77 bits per heavy atom. The molecule has 0 aromatic carbocycles. The van der Waals surface area contributed by atoms with Gasteiger partial charge in [0.05, 0.1) is 25.4 Å². The van der Waals surface area contributed by atoms with E-state index in [0.717, 1.165) is 83.5 Å². The highest BCUT2D eigenvalue weighted by Gasteiger charge is 2.44. The largest absolute Gasteiger partial charge is 0.394 e. The van der Waals surface area contributed by atoms with E-state index in [-0.39, 0.29) is 18.9 Å². The molecule has 0 aliphatic carbocycles. The summed E-state index contributed by atoms with van der Waals surface area (Å²) in [7, 11) is 0. The summed E-state index contributed by atoms with van der Waals surface area (Å²) in [5, 5.41) is 53.7. The summed E-state index contributed by atoms with van der Waals surface area (Å²) < 4.78 is 11.1. The van der Waals surface area contributed by atoms with Crippen molar-refractivity contribution in [3.8, 4) is 0 Å². The van der Waals surface area contributed by atoms with Gasteiger partial charge in [0.25, 0.3) is 0 Å². The van der Waals surface area contributed by atoms with Crippen molar-refractivity contribution >= 4 is 5.91 Å². The van der Waals surface area contributed by atoms with Gasteiger partial charge in [0.1, 0.15) is 24.4 Å². The Labute approximate surface area is 313 Å². The quantitative estimate of drug-likeness (QED) is 0.0357. The maximum absolute atomic E-state index is 12.8. The van der Waals surface area contributed by atoms with Crippen LogP contribution in [-0.4, -0.2) is 87.5 Å². The van der Waals surface area contributed by atoms with Crippen LogP contribution in [0.25, 0.3) is 0 Å². The van der Waals surface area contributed by atoms with Crippen LogP contribution < -0.4 is 5.32 Å². The zero-order chi connectivity index (χ0) is 38.1. The number of aliphatic hydroxyl groups is 5. The van der Waals surface area contributed by atoms with Gasteiger partial charge in [-0.05, 0) is 77.0 Å². The SMILES string of the molecule is CC/C=C\C/C=C\C/C=C\C/C=C\C/C=C\C/C=C\CCCCC(=O)NC(COC1OC(CO)C(O)C(O)C1O)C(O)/C=C/CC/C=C/CCCC. The minimum absolute atomic E-state index is 0.227. The summed E-state index contributed by atoms with van der Waals surface area (Å²) in [6.07, 6.45) is 39.0. The molecule has 6 N–H and O–H groups in total. The van der Waals surface area contributed by atoms with Crippen molar-refractivity contribution in [3.05, 3.63) is 97.2 Å². The Morgan fingerprint density at radius 1 is 0.673 bits per heavy atom. The second-order valence-corrected chi connectivity index (χ2v) is 13.0. The molecule has 0 aromatic rings. The molecule has 9 nitrogen and oxygen atoms in total. The highest BCUT2D eigenvalue weighted by atomic mass is 16.7. The Morgan fingerprint density at radius 2 is 1.19 bits per heavy atom. The van der Waals surface area contributed by atoms with Crippen molar-refractivity contribution < 1.29 is 39.8 Å². The molecule has 0 bridgehead atoms. The first-order chi connectivity index (χ1) is 25.3. The van der Waals surface area contributed by atoms with E-state index in [0.29, 0.717) is 6.42 Å². The van der Waals surface area contributed by atoms with E-state index in [4.69, 9.17) is 9.47 Å². The molecule has 1 heterocycles. The van der Waals surface area contributed by atoms with E-state index in [1.165, 1.54) is 0 Å². The molecular formula is C43H69NO8. The molecule has 0 spiro atoms. The topological polar surface area (TPSA) is 149 Å². The van der Waals surface area contributed by atoms with E-state index in [2.05, 4.69) is 104 Å². The number of allylic oxidation sites excluding steroid dienone is 15. The monoisotopic (exact) mass is 728 g/mol. The van der Waals surface area contributed by atoms with Crippen molar-refractivity contribution in [3.63, 3.8) is 0 Å². The van der Waals surface area contributed by atoms with Crippen molar-refractivity contribution in [2.75, 3.05) is 13.2 Å². The molecule has 1 aliphatic heterocycles. The first-order valence-electron chi connectivity index (χ1n) is 19.5. The average molecular weight is 728 g/mol. The third-order valence-corrected chi connectivity index (χ3v) is 8.39. The molecule has 1 rings (SSSR count). The molecule has 294 valence electrons. The molecule has 0 saturated carbocycles. The molecule has 1 amide bonds. The fourth-order valence-corrected chi connectivity index (χ4v) is 5.22. The van der Waals surface area contributed by atoms with Gasteiger partial charge < -0.3 is 40.3 Å². The van der Waals surface area contributed by atoms with Gasteiger partial charge >= 0.3 is 0 Å². The predicted molar refractivity (Wildman–Crippen MR) is 211 cm³/mol. The first-order valence-corrected chi connectivity index (χ1v) is 19.5. The van der Waals surface area contributed by atoms with E-state index in [9.17, 15) is 30.3 Å². The van der Waals surface area contributed by atoms with Gasteiger partial charge in [0, 0.05) is 6.42 Å². The molecule has 1 aliphatic rings. The normalized spacial score (nSPS) is 22.9. The maximum atomic E-state index is 12.8. The first kappa shape index (κ1) is 47.1. The van der Waals surface area contributed by atoms with Crippen LogP contribution in [0.2, 0.25) is 0 Å². The summed E-state index contributed by atoms with van der Waals surface area (Å²) in [5.74, 6) is -0.239. The summed E-state index contributed by atoms with van der Waals surface area (Å²) in [6, 6.07) is -0.848. The fourth-order valence-electron chi connectivity index (χ4n) is 5.22. The molecular weight excluding hydrogens is 658 g/mol. The third kappa shape index (κ3) is 23.6. The minimum atomic E-state index is -1.58. The number of carbonyl (C=O) groups is 1. The highest BCUT2D eigenvalue weighted by molar-refractivity contribution is 5.76. The molecule has 52 heavy (non-hydrogen) atoms. The van der Waals surface area contributed by atoms with Crippen LogP contribution in [0.4, 0.5) is 0 Å². The molecule has 1 saturated heterocycles. The molecule has 7 unspecified atom stereocenters. The highest BCUT2D eigenvalue weighted by Crippen LogP contribution is 2.22. The molecule has 0 radical (unpaired) electrons. The van der Waals surface area contributed by atoms with Crippen LogP contribution in [0.5, 0.6) is 0 Å². The summed E-state index contributed by atoms with van der Waals surface area (Å²) in [5.41, 5.74) is 0. The maximum Gasteiger partial charge on any atom is 0.220 e. The van der Waals surface area contributed by atoms with Crippen LogP contribution in [0, 0.1) is 0 Å². The Kier molecular flexibility index (Phi) is 29.7. The lowest BCUT2D eigenvalue weighted by molar-refractivity contribution is -0.302. The predicted octanol–water partition coefficient (Wildman–Crippen LogP) is 6.99. The van der Waals surface area contributed by atoms with Gasteiger partial charge in [-0.15, -0.1) is 0 Å². The van der Waals surface area contributed by atoms with Gasteiger partial charge in [0.2, 0.25) is 5.91 Å². The van der Waals surface area contributed by atoms with Gasteiger partial charge in [-0.1, -0.05) is 124 Å². The number of carbonyl (C=O) groups excluding carboxylic acids is 1. The zero-order valence-electron chi connectivity index (χ0n) is 31.8. The van der Waals surface area contributed by atoms with Gasteiger partial charge in [-0.2, -0.15) is 0 Å². The number of amides is 1. The van der Waals surface area contributed by atoms with Gasteiger partial charge in [-0.25, -0.2) is 0 Å². The summed E-state index contributed by atoms with van der Waals surface area (Å²) >= 11 is 0. The van der Waals surface area contributed by atoms with Crippen molar-refractivity contribution in [2.45, 2.75) is 153 Å². The van der Waals surface area contributed by atoms with Crippen molar-refractivity contribution in [2.24, 2.45) is 0 Å². The van der Waals surface area contributed by atoms with Crippen LogP contribution in [0.15, 0.2) is 97.2 Å². The summed E-state index contributed by atoms with van der Waals surface area (Å²) in [6.45, 7) is 3.49. The smallest absolute Gasteiger partial charge is 0.220 e. The molecule has 9 heteroatoms. The number of nitrogens with one attached hydrogen (secondary N) is 1. The van der Waals surface area contributed by atoms with Crippen molar-refractivity contribution in [1.82, 2.24) is 5.32 Å². The number of aliphatic hydroxyl groups excluding tert-OH is 5. The lowest BCUT2D eigenvalue weighted by Gasteiger charge is -2.40. The summed E-state index contributed by atoms with van der Waals surface area (Å²) in [4.78, 5) is 12.8. The van der Waals surface area contributed by atoms with E-state index < -0.39 is 49.5 Å². The lowest BCUT2D eigenvalue weighted by Crippen LogP contribution is -2.60. The zero-order valence-corrected chi connectivity index (χ0v) is 31.8. The van der Waals surface area contributed by atoms with E-state index in [1.54, 1.807) is 6.08 Å². The molecule has 0 aromatic heterocycles. The lowest BCUT2D eigenvalue weighted by atomic mass is 9.99. The average Bonchev–Trinajstić information content (AvgIpc) is 3.14.